The van der Waals surface area contributed by atoms with Gasteiger partial charge in [0.05, 0.1) is 24.1 Å². The molecule has 0 spiro atoms. The Hall–Kier alpha value is -1.43. The molecule has 2 rings (SSSR count). The lowest BCUT2D eigenvalue weighted by Crippen LogP contribution is -2.44. The molecule has 22 heavy (non-hydrogen) atoms. The van der Waals surface area contributed by atoms with Gasteiger partial charge in [-0.15, -0.1) is 0 Å². The van der Waals surface area contributed by atoms with Crippen molar-refractivity contribution in [1.29, 1.82) is 0 Å². The van der Waals surface area contributed by atoms with E-state index in [9.17, 15) is 4.79 Å². The third-order valence-electron chi connectivity index (χ3n) is 4.03. The number of amides is 1. The van der Waals surface area contributed by atoms with Gasteiger partial charge in [-0.2, -0.15) is 5.10 Å². The molecule has 1 saturated heterocycles. The van der Waals surface area contributed by atoms with Gasteiger partial charge in [0.2, 0.25) is 5.91 Å². The van der Waals surface area contributed by atoms with Gasteiger partial charge in [0.15, 0.2) is 0 Å². The van der Waals surface area contributed by atoms with Crippen molar-refractivity contribution < 1.29 is 9.53 Å². The molecule has 1 aliphatic rings. The van der Waals surface area contributed by atoms with Crippen LogP contribution < -0.4 is 5.32 Å². The Labute approximate surface area is 132 Å². The highest BCUT2D eigenvalue weighted by atomic mass is 16.5. The molecule has 6 nitrogen and oxygen atoms in total. The minimum absolute atomic E-state index is 0.00855. The molecule has 0 aromatic carbocycles. The molecule has 6 heteroatoms. The minimum atomic E-state index is -0.148. The first-order valence-electron chi connectivity index (χ1n) is 8.09. The summed E-state index contributed by atoms with van der Waals surface area (Å²) < 4.78 is 7.65. The first-order valence-corrected chi connectivity index (χ1v) is 8.09. The summed E-state index contributed by atoms with van der Waals surface area (Å²) in [7, 11) is 0. The lowest BCUT2D eigenvalue weighted by molar-refractivity contribution is -0.137. The molecule has 1 N–H and O–H groups in total. The Bertz CT molecular complexity index is 504. The van der Waals surface area contributed by atoms with Gasteiger partial charge in [0.25, 0.3) is 0 Å². The van der Waals surface area contributed by atoms with E-state index in [0.717, 1.165) is 25.3 Å². The fourth-order valence-electron chi connectivity index (χ4n) is 2.98. The number of carbonyl (C=O) groups excluding carboxylic acids is 1. The van der Waals surface area contributed by atoms with Crippen molar-refractivity contribution in [3.05, 3.63) is 12.2 Å². The number of rotatable bonds is 4. The lowest BCUT2D eigenvalue weighted by Gasteiger charge is -2.33. The van der Waals surface area contributed by atoms with Crippen molar-refractivity contribution in [3.63, 3.8) is 0 Å². The molecule has 1 aromatic heterocycles. The normalized spacial score (nSPS) is 22.8. The van der Waals surface area contributed by atoms with Crippen LogP contribution in [0.25, 0.3) is 0 Å². The number of nitrogens with one attached hydrogen (secondary N) is 1. The fraction of sp³-hybridized carbons (Fsp3) is 0.812. The zero-order chi connectivity index (χ0) is 16.3. The van der Waals surface area contributed by atoms with Crippen molar-refractivity contribution >= 4 is 5.91 Å². The summed E-state index contributed by atoms with van der Waals surface area (Å²) in [5, 5.41) is 7.26. The quantitative estimate of drug-likeness (QED) is 0.925. The highest BCUT2D eigenvalue weighted by molar-refractivity contribution is 5.79. The van der Waals surface area contributed by atoms with Gasteiger partial charge < -0.3 is 10.1 Å². The van der Waals surface area contributed by atoms with Gasteiger partial charge in [-0.05, 0) is 39.5 Å². The second-order valence-electron chi connectivity index (χ2n) is 7.30. The summed E-state index contributed by atoms with van der Waals surface area (Å²) in [6.45, 7) is 11.6. The maximum absolute atomic E-state index is 12.5. The number of hydrogen-bond acceptors (Lipinski definition) is 4. The van der Waals surface area contributed by atoms with E-state index >= 15 is 0 Å². The summed E-state index contributed by atoms with van der Waals surface area (Å²) in [6.07, 6.45) is 3.38. The van der Waals surface area contributed by atoms with Crippen LogP contribution in [0, 0.1) is 11.8 Å². The van der Waals surface area contributed by atoms with Gasteiger partial charge in [-0.1, -0.05) is 13.8 Å². The molecular weight excluding hydrogens is 280 g/mol. The van der Waals surface area contributed by atoms with Crippen molar-refractivity contribution in [1.82, 2.24) is 20.1 Å². The molecule has 1 aliphatic heterocycles. The van der Waals surface area contributed by atoms with Crippen LogP contribution in [0.5, 0.6) is 0 Å². The Balaban J connectivity index is 1.99. The van der Waals surface area contributed by atoms with E-state index in [-0.39, 0.29) is 23.5 Å². The Morgan fingerprint density at radius 2 is 2.23 bits per heavy atom. The first-order chi connectivity index (χ1) is 10.3. The summed E-state index contributed by atoms with van der Waals surface area (Å²) >= 11 is 0. The summed E-state index contributed by atoms with van der Waals surface area (Å²) in [5.41, 5.74) is -0.148. The van der Waals surface area contributed by atoms with Crippen molar-refractivity contribution in [2.24, 2.45) is 11.8 Å². The van der Waals surface area contributed by atoms with E-state index < -0.39 is 0 Å². The predicted octanol–water partition coefficient (Wildman–Crippen LogP) is 2.10. The third-order valence-corrected chi connectivity index (χ3v) is 4.03. The monoisotopic (exact) mass is 308 g/mol. The van der Waals surface area contributed by atoms with E-state index in [1.807, 2.05) is 4.68 Å². The zero-order valence-corrected chi connectivity index (χ0v) is 14.3. The van der Waals surface area contributed by atoms with Crippen LogP contribution in [0.2, 0.25) is 0 Å². The summed E-state index contributed by atoms with van der Waals surface area (Å²) in [4.78, 5) is 16.8. The molecule has 1 aromatic rings. The standard InChI is InChI=1S/C16H28N4O2/c1-11(2)14-12(7-6-8-22-14)15(21)17-9-13-18-10-19-20(13)16(3,4)5/h10-12,14H,6-9H2,1-5H3,(H,17,21)/t12-,14+/m1/s1. The molecular formula is C16H28N4O2. The Kier molecular flexibility index (Phi) is 5.21. The van der Waals surface area contributed by atoms with Crippen LogP contribution in [-0.2, 0) is 21.6 Å². The number of aromatic nitrogens is 3. The summed E-state index contributed by atoms with van der Waals surface area (Å²) in [5.74, 6) is 1.11. The van der Waals surface area contributed by atoms with E-state index in [1.165, 1.54) is 6.33 Å². The maximum atomic E-state index is 12.5. The van der Waals surface area contributed by atoms with E-state index in [4.69, 9.17) is 4.74 Å². The topological polar surface area (TPSA) is 69.0 Å². The molecule has 0 radical (unpaired) electrons. The van der Waals surface area contributed by atoms with Crippen LogP contribution >= 0.6 is 0 Å². The SMILES string of the molecule is CC(C)[C@@H]1OCCC[C@H]1C(=O)NCc1ncnn1C(C)(C)C. The van der Waals surface area contributed by atoms with Crippen LogP contribution in [0.3, 0.4) is 0 Å². The van der Waals surface area contributed by atoms with Gasteiger partial charge >= 0.3 is 0 Å². The van der Waals surface area contributed by atoms with E-state index in [1.54, 1.807) is 0 Å². The third kappa shape index (κ3) is 3.85. The van der Waals surface area contributed by atoms with Crippen LogP contribution in [-0.4, -0.2) is 33.4 Å². The number of nitrogens with zero attached hydrogens (tertiary/aromatic N) is 3. The molecule has 2 heterocycles. The molecule has 1 fully saturated rings. The van der Waals surface area contributed by atoms with Crippen molar-refractivity contribution in [3.8, 4) is 0 Å². The number of hydrogen-bond donors (Lipinski definition) is 1. The van der Waals surface area contributed by atoms with E-state index in [2.05, 4.69) is 50.0 Å². The first kappa shape index (κ1) is 16.9. The molecule has 0 unspecified atom stereocenters. The van der Waals surface area contributed by atoms with Crippen LogP contribution in [0.15, 0.2) is 6.33 Å². The zero-order valence-electron chi connectivity index (χ0n) is 14.3. The van der Waals surface area contributed by atoms with Gasteiger partial charge in [-0.3, -0.25) is 4.79 Å². The Morgan fingerprint density at radius 3 is 2.86 bits per heavy atom. The average molecular weight is 308 g/mol. The predicted molar refractivity (Wildman–Crippen MR) is 84.2 cm³/mol. The Morgan fingerprint density at radius 1 is 1.50 bits per heavy atom. The smallest absolute Gasteiger partial charge is 0.226 e. The van der Waals surface area contributed by atoms with Crippen molar-refractivity contribution in [2.45, 2.75) is 65.6 Å². The van der Waals surface area contributed by atoms with Crippen LogP contribution in [0.1, 0.15) is 53.3 Å². The average Bonchev–Trinajstić information content (AvgIpc) is 2.93. The molecule has 0 bridgehead atoms. The fourth-order valence-corrected chi connectivity index (χ4v) is 2.98. The molecule has 0 saturated carbocycles. The molecule has 2 atom stereocenters. The van der Waals surface area contributed by atoms with Crippen molar-refractivity contribution in [2.75, 3.05) is 6.61 Å². The van der Waals surface area contributed by atoms with Gasteiger partial charge in [-0.25, -0.2) is 9.67 Å². The molecule has 0 aliphatic carbocycles. The highest BCUT2D eigenvalue weighted by Gasteiger charge is 2.34. The highest BCUT2D eigenvalue weighted by Crippen LogP contribution is 2.26. The van der Waals surface area contributed by atoms with E-state index in [0.29, 0.717) is 12.5 Å². The maximum Gasteiger partial charge on any atom is 0.226 e. The second-order valence-corrected chi connectivity index (χ2v) is 7.30. The largest absolute Gasteiger partial charge is 0.377 e. The molecule has 1 amide bonds. The summed E-state index contributed by atoms with van der Waals surface area (Å²) in [6, 6.07) is 0. The minimum Gasteiger partial charge on any atom is -0.377 e. The molecule has 124 valence electrons. The second kappa shape index (κ2) is 6.77. The van der Waals surface area contributed by atoms with Gasteiger partial charge in [0.1, 0.15) is 12.2 Å². The number of ether oxygens (including phenoxy) is 1. The van der Waals surface area contributed by atoms with Gasteiger partial charge in [0, 0.05) is 6.61 Å². The number of carbonyl (C=O) groups is 1. The van der Waals surface area contributed by atoms with Crippen LogP contribution in [0.4, 0.5) is 0 Å². The lowest BCUT2D eigenvalue weighted by atomic mass is 9.87.